The molecule has 0 bridgehead atoms. The minimum absolute atomic E-state index is 0.0564. The summed E-state index contributed by atoms with van der Waals surface area (Å²) in [4.78, 5) is 78.5. The van der Waals surface area contributed by atoms with Gasteiger partial charge in [0.25, 0.3) is 11.8 Å². The van der Waals surface area contributed by atoms with Crippen molar-refractivity contribution in [1.29, 1.82) is 0 Å². The predicted molar refractivity (Wildman–Crippen MR) is 188 cm³/mol. The molecule has 2 heterocycles. The van der Waals surface area contributed by atoms with Gasteiger partial charge in [-0.15, -0.1) is 6.58 Å². The van der Waals surface area contributed by atoms with E-state index in [2.05, 4.69) is 37.8 Å². The molecule has 276 valence electrons. The summed E-state index contributed by atoms with van der Waals surface area (Å²) >= 11 is 0. The zero-order valence-electron chi connectivity index (χ0n) is 30.3. The Balaban J connectivity index is 1.57. The first-order valence-corrected chi connectivity index (χ1v) is 18.3. The van der Waals surface area contributed by atoms with Crippen LogP contribution in [0.5, 0.6) is 0 Å². The number of carbonyl (C=O) groups is 5. The van der Waals surface area contributed by atoms with Crippen LogP contribution in [0.2, 0.25) is 0 Å². The zero-order chi connectivity index (χ0) is 36.6. The van der Waals surface area contributed by atoms with Crippen molar-refractivity contribution < 1.29 is 29.1 Å². The van der Waals surface area contributed by atoms with Gasteiger partial charge in [-0.2, -0.15) is 0 Å². The maximum Gasteiger partial charge on any atom is 0.272 e. The lowest BCUT2D eigenvalue weighted by Crippen LogP contribution is -2.62. The second-order valence-electron chi connectivity index (χ2n) is 15.7. The van der Waals surface area contributed by atoms with E-state index < -0.39 is 59.3 Å². The minimum atomic E-state index is -1.46. The van der Waals surface area contributed by atoms with Gasteiger partial charge in [0, 0.05) is 25.5 Å². The van der Waals surface area contributed by atoms with Crippen LogP contribution in [0.1, 0.15) is 103 Å². The van der Waals surface area contributed by atoms with Crippen LogP contribution in [0, 0.1) is 29.1 Å². The molecule has 1 saturated heterocycles. The summed E-state index contributed by atoms with van der Waals surface area (Å²) in [5, 5.41) is 22.4. The van der Waals surface area contributed by atoms with Crippen molar-refractivity contribution in [2.24, 2.45) is 29.1 Å². The lowest BCUT2D eigenvalue weighted by molar-refractivity contribution is -0.146. The smallest absolute Gasteiger partial charge is 0.272 e. The zero-order valence-corrected chi connectivity index (χ0v) is 30.3. The molecule has 5 amide bonds. The molecule has 0 aromatic carbocycles. The van der Waals surface area contributed by atoms with Crippen LogP contribution >= 0.6 is 0 Å². The van der Waals surface area contributed by atoms with Crippen LogP contribution in [0.3, 0.4) is 0 Å². The number of nitrogens with one attached hydrogen (secondary N) is 4. The predicted octanol–water partition coefficient (Wildman–Crippen LogP) is 2.51. The second kappa shape index (κ2) is 17.4. The van der Waals surface area contributed by atoms with Crippen molar-refractivity contribution in [2.75, 3.05) is 13.1 Å². The molecule has 13 nitrogen and oxygen atoms in total. The third-order valence-electron chi connectivity index (χ3n) is 10.4. The highest BCUT2D eigenvalue weighted by molar-refractivity contribution is 5.98. The number of aromatic nitrogens is 2. The van der Waals surface area contributed by atoms with E-state index in [1.54, 1.807) is 4.90 Å². The highest BCUT2D eigenvalue weighted by Crippen LogP contribution is 2.36. The van der Waals surface area contributed by atoms with E-state index in [9.17, 15) is 29.1 Å². The van der Waals surface area contributed by atoms with Gasteiger partial charge in [0.05, 0.1) is 12.2 Å². The third-order valence-corrected chi connectivity index (χ3v) is 10.4. The van der Waals surface area contributed by atoms with E-state index in [1.165, 1.54) is 24.7 Å². The summed E-state index contributed by atoms with van der Waals surface area (Å²) < 4.78 is 0. The van der Waals surface area contributed by atoms with Crippen molar-refractivity contribution in [3.05, 3.63) is 36.9 Å². The van der Waals surface area contributed by atoms with Crippen molar-refractivity contribution in [2.45, 2.75) is 123 Å². The quantitative estimate of drug-likeness (QED) is 0.174. The average Bonchev–Trinajstić information content (AvgIpc) is 3.80. The first-order valence-electron chi connectivity index (χ1n) is 18.3. The summed E-state index contributed by atoms with van der Waals surface area (Å²) in [7, 11) is 0. The number of hydrogen-bond acceptors (Lipinski definition) is 8. The molecular formula is C37H57N7O6. The van der Waals surface area contributed by atoms with Crippen LogP contribution in [0.25, 0.3) is 0 Å². The van der Waals surface area contributed by atoms with E-state index in [1.807, 2.05) is 34.6 Å². The van der Waals surface area contributed by atoms with Crippen molar-refractivity contribution in [1.82, 2.24) is 36.1 Å². The van der Waals surface area contributed by atoms with Crippen LogP contribution in [-0.2, 0) is 19.2 Å². The number of carbonyl (C=O) groups excluding carboxylic acids is 5. The molecule has 3 fully saturated rings. The van der Waals surface area contributed by atoms with Gasteiger partial charge in [0.2, 0.25) is 17.7 Å². The maximum atomic E-state index is 14.6. The van der Waals surface area contributed by atoms with Gasteiger partial charge >= 0.3 is 0 Å². The molecule has 13 heteroatoms. The summed E-state index contributed by atoms with van der Waals surface area (Å²) in [6.45, 7) is 13.7. The maximum absolute atomic E-state index is 14.6. The molecule has 5 N–H and O–H groups in total. The van der Waals surface area contributed by atoms with E-state index in [0.29, 0.717) is 25.3 Å². The van der Waals surface area contributed by atoms with Gasteiger partial charge in [-0.25, -0.2) is 4.98 Å². The van der Waals surface area contributed by atoms with E-state index in [-0.39, 0.29) is 35.9 Å². The molecule has 4 rings (SSSR count). The summed E-state index contributed by atoms with van der Waals surface area (Å²) in [6, 6.07) is -3.58. The fourth-order valence-corrected chi connectivity index (χ4v) is 7.35. The fraction of sp³-hybridized carbons (Fsp3) is 0.703. The van der Waals surface area contributed by atoms with Crippen molar-refractivity contribution in [3.8, 4) is 0 Å². The first kappa shape index (κ1) is 38.9. The first-order chi connectivity index (χ1) is 23.7. The van der Waals surface area contributed by atoms with Gasteiger partial charge in [0.1, 0.15) is 23.8 Å². The van der Waals surface area contributed by atoms with Crippen molar-refractivity contribution in [3.63, 3.8) is 0 Å². The topological polar surface area (TPSA) is 183 Å². The van der Waals surface area contributed by atoms with Crippen LogP contribution < -0.4 is 21.3 Å². The number of likely N-dealkylation sites (tertiary alicyclic amines) is 1. The summed E-state index contributed by atoms with van der Waals surface area (Å²) in [5.41, 5.74) is -0.651. The molecule has 2 aliphatic carbocycles. The Kier molecular flexibility index (Phi) is 13.5. The second-order valence-corrected chi connectivity index (χ2v) is 15.7. The lowest BCUT2D eigenvalue weighted by Gasteiger charge is -2.38. The highest BCUT2D eigenvalue weighted by atomic mass is 16.3. The Bertz CT molecular complexity index is 1360. The largest absolute Gasteiger partial charge is 0.381 e. The minimum Gasteiger partial charge on any atom is -0.381 e. The fourth-order valence-electron chi connectivity index (χ4n) is 7.35. The number of aliphatic hydroxyl groups is 1. The SMILES string of the molecule is C=CCNC(=O)C(O)C(CC1CC1)NC(=O)[C@@H]1[C@@H](C(C)C)CCN1C(=O)[C@@H](NC(=O)C(NC(=O)c1cnccn1)C1CCCCC1)C(C)(C)C. The van der Waals surface area contributed by atoms with Crippen molar-refractivity contribution >= 4 is 29.5 Å². The highest BCUT2D eigenvalue weighted by Gasteiger charge is 2.48. The molecule has 1 aliphatic heterocycles. The molecule has 6 atom stereocenters. The van der Waals surface area contributed by atoms with Gasteiger partial charge < -0.3 is 31.3 Å². The van der Waals surface area contributed by atoms with Gasteiger partial charge in [-0.1, -0.05) is 72.8 Å². The Morgan fingerprint density at radius 2 is 1.68 bits per heavy atom. The Morgan fingerprint density at radius 1 is 0.980 bits per heavy atom. The molecule has 0 radical (unpaired) electrons. The van der Waals surface area contributed by atoms with Gasteiger partial charge in [0.15, 0.2) is 6.10 Å². The molecule has 2 saturated carbocycles. The summed E-state index contributed by atoms with van der Waals surface area (Å²) in [5.74, 6) is -2.31. The standard InChI is InChI=1S/C37H57N7O6/c1-7-16-40-35(49)30(45)26(20-23-13-14-23)41-34(48)29-25(22(2)3)15-19-44(29)36(50)31(37(4,5)6)43-33(47)28(24-11-9-8-10-12-24)42-32(46)27-21-38-17-18-39-27/h7,17-18,21-26,28-31,45H,1,8-16,19-20H2,2-6H3,(H,40,49)(H,41,48)(H,42,46)(H,43,47)/t25-,26?,28?,29+,30?,31-/m1/s1. The molecule has 1 aromatic heterocycles. The molecular weight excluding hydrogens is 638 g/mol. The molecule has 0 spiro atoms. The number of rotatable bonds is 15. The number of nitrogens with zero attached hydrogens (tertiary/aromatic N) is 3. The average molecular weight is 696 g/mol. The number of hydrogen-bond donors (Lipinski definition) is 5. The van der Waals surface area contributed by atoms with Gasteiger partial charge in [-0.05, 0) is 54.8 Å². The van der Waals surface area contributed by atoms with E-state index in [0.717, 1.165) is 44.9 Å². The van der Waals surface area contributed by atoms with E-state index in [4.69, 9.17) is 0 Å². The molecule has 1 aromatic rings. The van der Waals surface area contributed by atoms with Crippen LogP contribution in [0.4, 0.5) is 0 Å². The van der Waals surface area contributed by atoms with Gasteiger partial charge in [-0.3, -0.25) is 29.0 Å². The van der Waals surface area contributed by atoms with Crippen LogP contribution in [-0.4, -0.2) is 92.9 Å². The Hall–Kier alpha value is -3.87. The Morgan fingerprint density at radius 3 is 2.26 bits per heavy atom. The Labute approximate surface area is 296 Å². The lowest BCUT2D eigenvalue weighted by atomic mass is 9.82. The summed E-state index contributed by atoms with van der Waals surface area (Å²) in [6.07, 6.45) is 11.7. The normalized spacial score (nSPS) is 22.2. The molecule has 3 unspecified atom stereocenters. The third kappa shape index (κ3) is 10.1. The molecule has 3 aliphatic rings. The number of aliphatic hydroxyl groups excluding tert-OH is 1. The molecule has 50 heavy (non-hydrogen) atoms. The number of amides is 5. The monoisotopic (exact) mass is 695 g/mol. The van der Waals surface area contributed by atoms with Crippen LogP contribution in [0.15, 0.2) is 31.2 Å². The van der Waals surface area contributed by atoms with E-state index >= 15 is 0 Å².